The van der Waals surface area contributed by atoms with Crippen molar-refractivity contribution in [2.45, 2.75) is 50.5 Å². The molecule has 7 heteroatoms. The summed E-state index contributed by atoms with van der Waals surface area (Å²) in [5, 5.41) is 4.12. The second kappa shape index (κ2) is 6.39. The maximum absolute atomic E-state index is 12.6. The summed E-state index contributed by atoms with van der Waals surface area (Å²) in [7, 11) is 1.61. The second-order valence-corrected chi connectivity index (χ2v) is 7.40. The molecule has 0 radical (unpaired) electrons. The molecule has 2 fully saturated rings. The quantitative estimate of drug-likeness (QED) is 0.905. The molecule has 2 N–H and O–H groups in total. The van der Waals surface area contributed by atoms with Crippen molar-refractivity contribution < 1.29 is 14.1 Å². The van der Waals surface area contributed by atoms with Crippen molar-refractivity contribution in [3.8, 4) is 5.75 Å². The minimum Gasteiger partial charge on any atom is -0.495 e. The number of carbonyl (C=O) groups is 1. The molecular weight excluding hydrogens is 332 g/mol. The fourth-order valence-corrected chi connectivity index (χ4v) is 3.95. The Balaban J connectivity index is 1.57. The molecule has 4 rings (SSSR count). The average molecular weight is 356 g/mol. The van der Waals surface area contributed by atoms with Gasteiger partial charge in [0, 0.05) is 13.0 Å². The van der Waals surface area contributed by atoms with Crippen LogP contribution in [-0.4, -0.2) is 29.7 Å². The molecule has 1 saturated heterocycles. The van der Waals surface area contributed by atoms with Gasteiger partial charge in [0.2, 0.25) is 11.8 Å². The number of nitrogens with zero attached hydrogens (tertiary/aromatic N) is 3. The number of aromatic nitrogens is 2. The molecule has 2 aromatic rings. The van der Waals surface area contributed by atoms with Crippen molar-refractivity contribution in [3.63, 3.8) is 0 Å². The molecule has 2 aliphatic rings. The first-order chi connectivity index (χ1) is 12.5. The third-order valence-electron chi connectivity index (χ3n) is 5.48. The van der Waals surface area contributed by atoms with E-state index in [2.05, 4.69) is 10.1 Å². The molecule has 1 aliphatic heterocycles. The molecule has 7 nitrogen and oxygen atoms in total. The normalized spacial score (nSPS) is 22.2. The average Bonchev–Trinajstić information content (AvgIpc) is 3.34. The monoisotopic (exact) mass is 356 g/mol. The zero-order valence-corrected chi connectivity index (χ0v) is 15.2. The third kappa shape index (κ3) is 2.86. The predicted octanol–water partition coefficient (Wildman–Crippen LogP) is 2.64. The van der Waals surface area contributed by atoms with Gasteiger partial charge in [-0.3, -0.25) is 4.79 Å². The molecule has 1 saturated carbocycles. The van der Waals surface area contributed by atoms with Crippen molar-refractivity contribution in [1.82, 2.24) is 10.1 Å². The van der Waals surface area contributed by atoms with Crippen LogP contribution in [0.5, 0.6) is 5.75 Å². The van der Waals surface area contributed by atoms with Gasteiger partial charge in [-0.25, -0.2) is 0 Å². The van der Waals surface area contributed by atoms with E-state index in [0.717, 1.165) is 36.9 Å². The number of hydrogen-bond donors (Lipinski definition) is 1. The van der Waals surface area contributed by atoms with Gasteiger partial charge in [-0.05, 0) is 37.5 Å². The van der Waals surface area contributed by atoms with Gasteiger partial charge < -0.3 is 19.9 Å². The van der Waals surface area contributed by atoms with Gasteiger partial charge in [-0.1, -0.05) is 24.1 Å². The molecule has 1 aromatic carbocycles. The standard InChI is InChI=1S/C19H24N4O3/c1-12-5-6-15(25-2)14(9-12)23-11-13(10-16(23)24)17-21-18(22-26-17)19(20)7-3-4-8-19/h5-6,9,13H,3-4,7-8,10-11,20H2,1-2H3. The highest BCUT2D eigenvalue weighted by molar-refractivity contribution is 5.97. The van der Waals surface area contributed by atoms with Crippen LogP contribution in [-0.2, 0) is 10.3 Å². The minimum atomic E-state index is -0.482. The second-order valence-electron chi connectivity index (χ2n) is 7.40. The Labute approximate surface area is 152 Å². The minimum absolute atomic E-state index is 0.0296. The Morgan fingerprint density at radius 3 is 2.85 bits per heavy atom. The largest absolute Gasteiger partial charge is 0.495 e. The van der Waals surface area contributed by atoms with Crippen LogP contribution >= 0.6 is 0 Å². The summed E-state index contributed by atoms with van der Waals surface area (Å²) >= 11 is 0. The molecule has 1 unspecified atom stereocenters. The van der Waals surface area contributed by atoms with Gasteiger partial charge >= 0.3 is 0 Å². The Morgan fingerprint density at radius 1 is 1.35 bits per heavy atom. The number of carbonyl (C=O) groups excluding carboxylic acids is 1. The van der Waals surface area contributed by atoms with Gasteiger partial charge in [-0.15, -0.1) is 0 Å². The predicted molar refractivity (Wildman–Crippen MR) is 96.1 cm³/mol. The Kier molecular flexibility index (Phi) is 4.19. The SMILES string of the molecule is COc1ccc(C)cc1N1CC(c2nc(C3(N)CCCC3)no2)CC1=O. The van der Waals surface area contributed by atoms with Gasteiger partial charge in [0.25, 0.3) is 0 Å². The summed E-state index contributed by atoms with van der Waals surface area (Å²) in [5.74, 6) is 1.66. The van der Waals surface area contributed by atoms with Gasteiger partial charge in [0.05, 0.1) is 24.3 Å². The summed E-state index contributed by atoms with van der Waals surface area (Å²) in [5.41, 5.74) is 7.79. The summed E-state index contributed by atoms with van der Waals surface area (Å²) in [6.45, 7) is 2.49. The lowest BCUT2D eigenvalue weighted by Gasteiger charge is -2.20. The first-order valence-electron chi connectivity index (χ1n) is 9.08. The van der Waals surface area contributed by atoms with E-state index in [9.17, 15) is 4.79 Å². The van der Waals surface area contributed by atoms with Gasteiger partial charge in [-0.2, -0.15) is 4.98 Å². The lowest BCUT2D eigenvalue weighted by atomic mass is 9.98. The third-order valence-corrected chi connectivity index (χ3v) is 5.48. The van der Waals surface area contributed by atoms with E-state index in [4.69, 9.17) is 15.0 Å². The molecule has 1 atom stereocenters. The van der Waals surface area contributed by atoms with Crippen LogP contribution in [0.2, 0.25) is 0 Å². The van der Waals surface area contributed by atoms with E-state index in [1.165, 1.54) is 0 Å². The zero-order chi connectivity index (χ0) is 18.3. The highest BCUT2D eigenvalue weighted by Crippen LogP contribution is 2.38. The zero-order valence-electron chi connectivity index (χ0n) is 15.2. The Bertz CT molecular complexity index is 826. The summed E-state index contributed by atoms with van der Waals surface area (Å²) in [6, 6.07) is 5.81. The first-order valence-corrected chi connectivity index (χ1v) is 9.08. The van der Waals surface area contributed by atoms with E-state index < -0.39 is 5.54 Å². The van der Waals surface area contributed by atoms with Crippen LogP contribution in [0.3, 0.4) is 0 Å². The van der Waals surface area contributed by atoms with Gasteiger partial charge in [0.15, 0.2) is 5.82 Å². The maximum atomic E-state index is 12.6. The molecule has 138 valence electrons. The molecule has 0 bridgehead atoms. The Hall–Kier alpha value is -2.41. The number of amides is 1. The van der Waals surface area contributed by atoms with Crippen molar-refractivity contribution >= 4 is 11.6 Å². The topological polar surface area (TPSA) is 94.5 Å². The molecular formula is C19H24N4O3. The molecule has 1 amide bonds. The number of aryl methyl sites for hydroxylation is 1. The van der Waals surface area contributed by atoms with Crippen LogP contribution in [0.4, 0.5) is 5.69 Å². The van der Waals surface area contributed by atoms with E-state index in [0.29, 0.717) is 30.4 Å². The molecule has 0 spiro atoms. The lowest BCUT2D eigenvalue weighted by Crippen LogP contribution is -2.34. The summed E-state index contributed by atoms with van der Waals surface area (Å²) in [6.07, 6.45) is 4.27. The van der Waals surface area contributed by atoms with Crippen LogP contribution < -0.4 is 15.4 Å². The van der Waals surface area contributed by atoms with E-state index in [-0.39, 0.29) is 11.8 Å². The number of hydrogen-bond acceptors (Lipinski definition) is 6. The van der Waals surface area contributed by atoms with Crippen LogP contribution in [0.1, 0.15) is 55.3 Å². The number of benzene rings is 1. The van der Waals surface area contributed by atoms with Crippen LogP contribution in [0, 0.1) is 6.92 Å². The number of ether oxygens (including phenoxy) is 1. The molecule has 1 aromatic heterocycles. The molecule has 1 aliphatic carbocycles. The first kappa shape index (κ1) is 17.0. The number of methoxy groups -OCH3 is 1. The summed E-state index contributed by atoms with van der Waals surface area (Å²) < 4.78 is 10.9. The number of rotatable bonds is 4. The molecule has 26 heavy (non-hydrogen) atoms. The summed E-state index contributed by atoms with van der Waals surface area (Å²) in [4.78, 5) is 18.9. The van der Waals surface area contributed by atoms with Crippen molar-refractivity contribution in [1.29, 1.82) is 0 Å². The highest BCUT2D eigenvalue weighted by Gasteiger charge is 2.40. The van der Waals surface area contributed by atoms with E-state index >= 15 is 0 Å². The van der Waals surface area contributed by atoms with E-state index in [1.807, 2.05) is 25.1 Å². The number of nitrogens with two attached hydrogens (primary N) is 1. The van der Waals surface area contributed by atoms with Crippen molar-refractivity contribution in [3.05, 3.63) is 35.5 Å². The lowest BCUT2D eigenvalue weighted by molar-refractivity contribution is -0.117. The Morgan fingerprint density at radius 2 is 2.12 bits per heavy atom. The van der Waals surface area contributed by atoms with Crippen molar-refractivity contribution in [2.24, 2.45) is 5.73 Å². The fourth-order valence-electron chi connectivity index (χ4n) is 3.95. The molecule has 2 heterocycles. The smallest absolute Gasteiger partial charge is 0.232 e. The highest BCUT2D eigenvalue weighted by atomic mass is 16.5. The van der Waals surface area contributed by atoms with Crippen molar-refractivity contribution in [2.75, 3.05) is 18.6 Å². The van der Waals surface area contributed by atoms with Crippen LogP contribution in [0.15, 0.2) is 22.7 Å². The van der Waals surface area contributed by atoms with Crippen LogP contribution in [0.25, 0.3) is 0 Å². The number of anilines is 1. The maximum Gasteiger partial charge on any atom is 0.232 e. The fraction of sp³-hybridized carbons (Fsp3) is 0.526. The van der Waals surface area contributed by atoms with E-state index in [1.54, 1.807) is 12.0 Å². The van der Waals surface area contributed by atoms with Gasteiger partial charge in [0.1, 0.15) is 5.75 Å².